The van der Waals surface area contributed by atoms with Gasteiger partial charge in [-0.2, -0.15) is 0 Å². The molecule has 2 N–H and O–H groups in total. The number of aryl methyl sites for hydroxylation is 1. The number of fused-ring (bicyclic) bond motifs is 4. The van der Waals surface area contributed by atoms with E-state index in [1.54, 1.807) is 17.0 Å². The molecule has 25 heavy (non-hydrogen) atoms. The maximum atomic E-state index is 11.6. The summed E-state index contributed by atoms with van der Waals surface area (Å²) in [5.74, 6) is 0.700. The van der Waals surface area contributed by atoms with Crippen molar-refractivity contribution in [3.63, 3.8) is 0 Å². The third-order valence-corrected chi connectivity index (χ3v) is 5.46. The van der Waals surface area contributed by atoms with Gasteiger partial charge >= 0.3 is 7.82 Å². The molecule has 3 aromatic heterocycles. The minimum Gasteiger partial charge on any atom is -0.386 e. The summed E-state index contributed by atoms with van der Waals surface area (Å²) in [7, 11) is -4.17. The Labute approximate surface area is 140 Å². The van der Waals surface area contributed by atoms with E-state index in [9.17, 15) is 14.6 Å². The number of phosphoric ester groups is 1. The average Bonchev–Trinajstić information content (AvgIpc) is 3.25. The molecule has 3 aromatic rings. The zero-order chi connectivity index (χ0) is 17.3. The Kier molecular flexibility index (Phi) is 3.12. The van der Waals surface area contributed by atoms with E-state index in [4.69, 9.17) is 13.8 Å². The number of hydrogen-bond donors (Lipinski definition) is 2. The van der Waals surface area contributed by atoms with E-state index in [0.717, 1.165) is 0 Å². The van der Waals surface area contributed by atoms with E-state index in [0.29, 0.717) is 22.6 Å². The lowest BCUT2D eigenvalue weighted by Crippen LogP contribution is -2.39. The standard InChI is InChI=1S/C13H14N5O6P/c1-6-16-12-8(11-14-2-3-17(6)11)15-5-18(12)13-9(19)10-7(23-13)4-22-25(20,21)24-10/h2-3,5,7,9-10,13,19H,4H2,1H3,(H,20,21)/t7-,9-,10-,13-/m1/s1. The predicted octanol–water partition coefficient (Wildman–Crippen LogP) is 0.162. The van der Waals surface area contributed by atoms with Crippen molar-refractivity contribution in [2.45, 2.75) is 31.5 Å². The molecule has 0 bridgehead atoms. The fourth-order valence-electron chi connectivity index (χ4n) is 3.32. The molecule has 11 nitrogen and oxygen atoms in total. The number of hydrogen-bond acceptors (Lipinski definition) is 8. The lowest BCUT2D eigenvalue weighted by atomic mass is 10.1. The number of imidazole rings is 2. The molecule has 1 unspecified atom stereocenters. The van der Waals surface area contributed by atoms with Gasteiger partial charge in [-0.1, -0.05) is 0 Å². The maximum absolute atomic E-state index is 11.6. The van der Waals surface area contributed by atoms with E-state index in [1.165, 1.54) is 6.33 Å². The van der Waals surface area contributed by atoms with Gasteiger partial charge in [0.1, 0.15) is 24.1 Å². The van der Waals surface area contributed by atoms with Gasteiger partial charge in [0.05, 0.1) is 12.9 Å². The topological polar surface area (TPSA) is 133 Å². The van der Waals surface area contributed by atoms with Crippen LogP contribution in [0, 0.1) is 6.92 Å². The molecule has 0 amide bonds. The maximum Gasteiger partial charge on any atom is 0.472 e. The lowest BCUT2D eigenvalue weighted by Gasteiger charge is -2.27. The second-order valence-corrected chi connectivity index (χ2v) is 7.40. The summed E-state index contributed by atoms with van der Waals surface area (Å²) in [6.45, 7) is 1.69. The van der Waals surface area contributed by atoms with Crippen molar-refractivity contribution in [2.75, 3.05) is 6.61 Å². The lowest BCUT2D eigenvalue weighted by molar-refractivity contribution is -0.0664. The number of aliphatic hydroxyl groups excluding tert-OH is 1. The third kappa shape index (κ3) is 2.18. The second kappa shape index (κ2) is 5.07. The van der Waals surface area contributed by atoms with Crippen molar-refractivity contribution in [3.8, 4) is 0 Å². The number of aromatic nitrogens is 5. The molecule has 2 fully saturated rings. The number of phosphoric acid groups is 1. The van der Waals surface area contributed by atoms with Crippen molar-refractivity contribution in [2.24, 2.45) is 0 Å². The number of nitrogens with zero attached hydrogens (tertiary/aromatic N) is 5. The van der Waals surface area contributed by atoms with Crippen LogP contribution in [0.2, 0.25) is 0 Å². The van der Waals surface area contributed by atoms with E-state index in [2.05, 4.69) is 15.0 Å². The Hall–Kier alpha value is -1.88. The third-order valence-electron chi connectivity index (χ3n) is 4.48. The summed E-state index contributed by atoms with van der Waals surface area (Å²) in [4.78, 5) is 22.6. The fraction of sp³-hybridized carbons (Fsp3) is 0.462. The Bertz CT molecular complexity index is 1030. The van der Waals surface area contributed by atoms with Crippen LogP contribution >= 0.6 is 7.82 Å². The SMILES string of the molecule is Cc1nc2c(ncn2[C@@H]2O[C@@H]3COP(=O)(O)O[C@H]3[C@H]2O)c2nccn12. The molecule has 0 radical (unpaired) electrons. The summed E-state index contributed by atoms with van der Waals surface area (Å²) in [6, 6.07) is 0. The van der Waals surface area contributed by atoms with Crippen LogP contribution < -0.4 is 0 Å². The number of aliphatic hydroxyl groups is 1. The number of rotatable bonds is 1. The molecule has 5 rings (SSSR count). The van der Waals surface area contributed by atoms with Gasteiger partial charge in [-0.3, -0.25) is 18.0 Å². The minimum atomic E-state index is -4.17. The highest BCUT2D eigenvalue weighted by atomic mass is 31.2. The molecule has 2 saturated heterocycles. The van der Waals surface area contributed by atoms with Gasteiger partial charge < -0.3 is 14.7 Å². The van der Waals surface area contributed by atoms with Crippen LogP contribution in [0.1, 0.15) is 12.1 Å². The number of ether oxygens (including phenoxy) is 1. The first-order valence-electron chi connectivity index (χ1n) is 7.60. The van der Waals surface area contributed by atoms with Crippen LogP contribution in [0.5, 0.6) is 0 Å². The first-order chi connectivity index (χ1) is 11.9. The summed E-state index contributed by atoms with van der Waals surface area (Å²) in [5.41, 5.74) is 1.70. The van der Waals surface area contributed by atoms with Gasteiger partial charge in [0.15, 0.2) is 23.0 Å². The Morgan fingerprint density at radius 1 is 1.36 bits per heavy atom. The summed E-state index contributed by atoms with van der Waals surface area (Å²) >= 11 is 0. The molecule has 5 heterocycles. The Balaban J connectivity index is 1.60. The average molecular weight is 367 g/mol. The summed E-state index contributed by atoms with van der Waals surface area (Å²) in [5, 5.41) is 10.6. The fourth-order valence-corrected chi connectivity index (χ4v) is 4.29. The molecule has 0 aromatic carbocycles. The monoisotopic (exact) mass is 367 g/mol. The summed E-state index contributed by atoms with van der Waals surface area (Å²) in [6.07, 6.45) is 1.26. The largest absolute Gasteiger partial charge is 0.472 e. The smallest absolute Gasteiger partial charge is 0.386 e. The molecule has 12 heteroatoms. The second-order valence-electron chi connectivity index (χ2n) is 5.99. The van der Waals surface area contributed by atoms with Crippen molar-refractivity contribution in [1.29, 1.82) is 0 Å². The van der Waals surface area contributed by atoms with Crippen LogP contribution in [-0.2, 0) is 18.3 Å². The predicted molar refractivity (Wildman–Crippen MR) is 81.6 cm³/mol. The molecular weight excluding hydrogens is 353 g/mol. The van der Waals surface area contributed by atoms with Gasteiger partial charge in [-0.05, 0) is 6.92 Å². The normalized spacial score (nSPS) is 35.5. The minimum absolute atomic E-state index is 0.143. The van der Waals surface area contributed by atoms with Crippen LogP contribution in [0.4, 0.5) is 0 Å². The molecule has 5 atom stereocenters. The highest BCUT2D eigenvalue weighted by Gasteiger charge is 2.52. The van der Waals surface area contributed by atoms with E-state index in [1.807, 2.05) is 11.3 Å². The highest BCUT2D eigenvalue weighted by molar-refractivity contribution is 7.47. The zero-order valence-electron chi connectivity index (χ0n) is 13.0. The Morgan fingerprint density at radius 2 is 2.20 bits per heavy atom. The first-order valence-corrected chi connectivity index (χ1v) is 9.09. The van der Waals surface area contributed by atoms with Gasteiger partial charge in [0, 0.05) is 12.4 Å². The molecule has 132 valence electrons. The molecule has 2 aliphatic rings. The van der Waals surface area contributed by atoms with E-state index in [-0.39, 0.29) is 6.61 Å². The van der Waals surface area contributed by atoms with Crippen LogP contribution in [0.3, 0.4) is 0 Å². The Morgan fingerprint density at radius 3 is 3.04 bits per heavy atom. The zero-order valence-corrected chi connectivity index (χ0v) is 13.9. The highest BCUT2D eigenvalue weighted by Crippen LogP contribution is 2.52. The van der Waals surface area contributed by atoms with Gasteiger partial charge in [0.25, 0.3) is 0 Å². The van der Waals surface area contributed by atoms with Gasteiger partial charge in [0.2, 0.25) is 0 Å². The molecular formula is C13H14N5O6P. The quantitative estimate of drug-likeness (QED) is 0.577. The van der Waals surface area contributed by atoms with Crippen molar-refractivity contribution < 1.29 is 28.3 Å². The summed E-state index contributed by atoms with van der Waals surface area (Å²) < 4.78 is 30.5. The molecule has 0 saturated carbocycles. The molecule has 0 spiro atoms. The van der Waals surface area contributed by atoms with E-state index < -0.39 is 32.4 Å². The van der Waals surface area contributed by atoms with Crippen LogP contribution in [0.15, 0.2) is 18.7 Å². The van der Waals surface area contributed by atoms with Crippen LogP contribution in [-0.4, -0.2) is 58.8 Å². The van der Waals surface area contributed by atoms with Crippen molar-refractivity contribution in [3.05, 3.63) is 24.5 Å². The van der Waals surface area contributed by atoms with Crippen molar-refractivity contribution >= 4 is 24.6 Å². The first kappa shape index (κ1) is 15.4. The van der Waals surface area contributed by atoms with Crippen molar-refractivity contribution in [1.82, 2.24) is 23.9 Å². The molecule has 0 aliphatic carbocycles. The van der Waals surface area contributed by atoms with Crippen LogP contribution in [0.25, 0.3) is 16.8 Å². The van der Waals surface area contributed by atoms with Gasteiger partial charge in [-0.25, -0.2) is 19.5 Å². The molecule has 2 aliphatic heterocycles. The van der Waals surface area contributed by atoms with E-state index >= 15 is 0 Å². The van der Waals surface area contributed by atoms with Gasteiger partial charge in [-0.15, -0.1) is 0 Å².